The van der Waals surface area contributed by atoms with Crippen molar-refractivity contribution in [2.75, 3.05) is 0 Å². The topological polar surface area (TPSA) is 55.1 Å². The minimum atomic E-state index is -0.663. The van der Waals surface area contributed by atoms with E-state index in [1.54, 1.807) is 6.92 Å². The average molecular weight is 256 g/mol. The van der Waals surface area contributed by atoms with Gasteiger partial charge in [-0.05, 0) is 31.0 Å². The highest BCUT2D eigenvalue weighted by molar-refractivity contribution is 5.82. The number of hydrogen-bond acceptors (Lipinski definition) is 2. The highest BCUT2D eigenvalue weighted by atomic mass is 19.1. The summed E-state index contributed by atoms with van der Waals surface area (Å²) in [6, 6.07) is 1.85. The summed E-state index contributed by atoms with van der Waals surface area (Å²) in [6.45, 7) is 5.22. The van der Waals surface area contributed by atoms with E-state index in [-0.39, 0.29) is 17.4 Å². The molecule has 1 aromatic carbocycles. The number of carbonyl (C=O) groups excluding carboxylic acids is 1. The summed E-state index contributed by atoms with van der Waals surface area (Å²) in [7, 11) is 0. The normalized spacial score (nSPS) is 14.4. The molecular formula is C13H18F2N2O. The number of benzene rings is 1. The molecule has 18 heavy (non-hydrogen) atoms. The van der Waals surface area contributed by atoms with Crippen LogP contribution in [0.5, 0.6) is 0 Å². The Morgan fingerprint density at radius 1 is 1.28 bits per heavy atom. The molecule has 0 saturated carbocycles. The van der Waals surface area contributed by atoms with Crippen LogP contribution in [0.15, 0.2) is 18.2 Å². The summed E-state index contributed by atoms with van der Waals surface area (Å²) in [5.74, 6) is -1.49. The van der Waals surface area contributed by atoms with E-state index in [1.807, 2.05) is 13.8 Å². The van der Waals surface area contributed by atoms with E-state index in [9.17, 15) is 13.6 Å². The van der Waals surface area contributed by atoms with Crippen LogP contribution in [-0.4, -0.2) is 11.9 Å². The summed E-state index contributed by atoms with van der Waals surface area (Å²) in [5, 5.41) is 2.57. The third-order valence-corrected chi connectivity index (χ3v) is 2.80. The monoisotopic (exact) mass is 256 g/mol. The molecule has 0 heterocycles. The molecule has 1 aromatic rings. The van der Waals surface area contributed by atoms with Crippen molar-refractivity contribution >= 4 is 5.91 Å². The number of hydrogen-bond donors (Lipinski definition) is 2. The van der Waals surface area contributed by atoms with Crippen LogP contribution >= 0.6 is 0 Å². The predicted molar refractivity (Wildman–Crippen MR) is 65.7 cm³/mol. The Labute approximate surface area is 105 Å². The fraction of sp³-hybridized carbons (Fsp3) is 0.462. The molecule has 0 radical (unpaired) electrons. The van der Waals surface area contributed by atoms with Gasteiger partial charge >= 0.3 is 0 Å². The molecule has 100 valence electrons. The smallest absolute Gasteiger partial charge is 0.237 e. The average Bonchev–Trinajstić information content (AvgIpc) is 2.30. The van der Waals surface area contributed by atoms with Crippen LogP contribution in [0.2, 0.25) is 0 Å². The fourth-order valence-electron chi connectivity index (χ4n) is 1.54. The van der Waals surface area contributed by atoms with Crippen LogP contribution in [0, 0.1) is 17.6 Å². The Bertz CT molecular complexity index is 435. The zero-order valence-electron chi connectivity index (χ0n) is 10.7. The van der Waals surface area contributed by atoms with E-state index >= 15 is 0 Å². The van der Waals surface area contributed by atoms with E-state index in [1.165, 1.54) is 0 Å². The molecule has 1 amide bonds. The van der Waals surface area contributed by atoms with Gasteiger partial charge in [0.2, 0.25) is 5.91 Å². The Morgan fingerprint density at radius 3 is 2.44 bits per heavy atom. The lowest BCUT2D eigenvalue weighted by atomic mass is 10.0. The molecule has 0 bridgehead atoms. The maximum atomic E-state index is 13.5. The van der Waals surface area contributed by atoms with Crippen LogP contribution in [0.1, 0.15) is 32.4 Å². The first kappa shape index (κ1) is 14.6. The van der Waals surface area contributed by atoms with Crippen molar-refractivity contribution in [3.63, 3.8) is 0 Å². The van der Waals surface area contributed by atoms with Crippen molar-refractivity contribution in [2.24, 2.45) is 11.7 Å². The lowest BCUT2D eigenvalue weighted by molar-refractivity contribution is -0.123. The van der Waals surface area contributed by atoms with E-state index in [0.717, 1.165) is 18.2 Å². The number of halogens is 2. The van der Waals surface area contributed by atoms with E-state index in [0.29, 0.717) is 0 Å². The van der Waals surface area contributed by atoms with Crippen molar-refractivity contribution in [2.45, 2.75) is 32.9 Å². The van der Waals surface area contributed by atoms with Crippen LogP contribution in [0.3, 0.4) is 0 Å². The van der Waals surface area contributed by atoms with Gasteiger partial charge in [0.1, 0.15) is 11.6 Å². The summed E-state index contributed by atoms with van der Waals surface area (Å²) >= 11 is 0. The largest absolute Gasteiger partial charge is 0.348 e. The van der Waals surface area contributed by atoms with Crippen molar-refractivity contribution in [3.8, 4) is 0 Å². The molecule has 0 aliphatic heterocycles. The maximum Gasteiger partial charge on any atom is 0.237 e. The van der Waals surface area contributed by atoms with E-state index in [4.69, 9.17) is 5.73 Å². The Hall–Kier alpha value is -1.49. The highest BCUT2D eigenvalue weighted by Gasteiger charge is 2.21. The fourth-order valence-corrected chi connectivity index (χ4v) is 1.54. The minimum absolute atomic E-state index is 0.0189. The second-order valence-corrected chi connectivity index (χ2v) is 4.67. The van der Waals surface area contributed by atoms with Crippen molar-refractivity contribution in [3.05, 3.63) is 35.4 Å². The van der Waals surface area contributed by atoms with Crippen LogP contribution in [0.4, 0.5) is 8.78 Å². The Balaban J connectivity index is 2.79. The van der Waals surface area contributed by atoms with Gasteiger partial charge in [-0.1, -0.05) is 13.8 Å². The van der Waals surface area contributed by atoms with Crippen LogP contribution in [-0.2, 0) is 4.79 Å². The zero-order chi connectivity index (χ0) is 13.9. The lowest BCUT2D eigenvalue weighted by Crippen LogP contribution is -2.44. The van der Waals surface area contributed by atoms with Gasteiger partial charge < -0.3 is 11.1 Å². The molecule has 1 unspecified atom stereocenters. The first-order chi connectivity index (χ1) is 8.32. The second kappa shape index (κ2) is 5.91. The predicted octanol–water partition coefficient (Wildman–Crippen LogP) is 2.13. The maximum absolute atomic E-state index is 13.5. The molecule has 3 N–H and O–H groups in total. The number of amides is 1. The first-order valence-electron chi connectivity index (χ1n) is 5.83. The van der Waals surface area contributed by atoms with E-state index in [2.05, 4.69) is 5.32 Å². The van der Waals surface area contributed by atoms with Gasteiger partial charge in [0, 0.05) is 5.56 Å². The lowest BCUT2D eigenvalue weighted by Gasteiger charge is -2.20. The minimum Gasteiger partial charge on any atom is -0.348 e. The van der Waals surface area contributed by atoms with Crippen molar-refractivity contribution < 1.29 is 13.6 Å². The van der Waals surface area contributed by atoms with Crippen LogP contribution < -0.4 is 11.1 Å². The van der Waals surface area contributed by atoms with Gasteiger partial charge in [-0.25, -0.2) is 8.78 Å². The Morgan fingerprint density at radius 2 is 1.89 bits per heavy atom. The van der Waals surface area contributed by atoms with Gasteiger partial charge in [-0.15, -0.1) is 0 Å². The van der Waals surface area contributed by atoms with Gasteiger partial charge in [0.05, 0.1) is 12.1 Å². The van der Waals surface area contributed by atoms with Gasteiger partial charge in [0.15, 0.2) is 0 Å². The number of carbonyl (C=O) groups is 1. The standard InChI is InChI=1S/C13H18F2N2O/c1-7(2)12(16)13(18)17-8(3)10-6-9(14)4-5-11(10)15/h4-8,12H,16H2,1-3H3,(H,17,18)/t8?,12-/m0/s1. The second-order valence-electron chi connectivity index (χ2n) is 4.67. The molecule has 0 aliphatic carbocycles. The number of nitrogens with two attached hydrogens (primary N) is 1. The number of nitrogens with one attached hydrogen (secondary N) is 1. The van der Waals surface area contributed by atoms with Crippen molar-refractivity contribution in [1.29, 1.82) is 0 Å². The quantitative estimate of drug-likeness (QED) is 0.867. The summed E-state index contributed by atoms with van der Waals surface area (Å²) in [6.07, 6.45) is 0. The van der Waals surface area contributed by atoms with Gasteiger partial charge in [-0.3, -0.25) is 4.79 Å². The molecule has 0 aromatic heterocycles. The van der Waals surface area contributed by atoms with Crippen molar-refractivity contribution in [1.82, 2.24) is 5.32 Å². The van der Waals surface area contributed by atoms with Gasteiger partial charge in [-0.2, -0.15) is 0 Å². The summed E-state index contributed by atoms with van der Waals surface area (Å²) in [4.78, 5) is 11.7. The molecule has 5 heteroatoms. The molecule has 1 rings (SSSR count). The summed E-state index contributed by atoms with van der Waals surface area (Å²) in [5.41, 5.74) is 5.78. The third kappa shape index (κ3) is 3.50. The molecule has 2 atom stereocenters. The SMILES string of the molecule is CC(NC(=O)[C@@H](N)C(C)C)c1cc(F)ccc1F. The third-order valence-electron chi connectivity index (χ3n) is 2.80. The van der Waals surface area contributed by atoms with Gasteiger partial charge in [0.25, 0.3) is 0 Å². The zero-order valence-corrected chi connectivity index (χ0v) is 10.7. The first-order valence-corrected chi connectivity index (χ1v) is 5.83. The molecule has 3 nitrogen and oxygen atoms in total. The number of rotatable bonds is 4. The Kier molecular flexibility index (Phi) is 4.78. The summed E-state index contributed by atoms with van der Waals surface area (Å²) < 4.78 is 26.5. The molecule has 0 fully saturated rings. The molecule has 0 aliphatic rings. The van der Waals surface area contributed by atoms with E-state index < -0.39 is 23.7 Å². The highest BCUT2D eigenvalue weighted by Crippen LogP contribution is 2.18. The van der Waals surface area contributed by atoms with Crippen LogP contribution in [0.25, 0.3) is 0 Å². The molecular weight excluding hydrogens is 238 g/mol. The molecule has 0 spiro atoms. The molecule has 0 saturated heterocycles.